The smallest absolute Gasteiger partial charge is 0.0897 e. The van der Waals surface area contributed by atoms with Gasteiger partial charge in [-0.1, -0.05) is 6.92 Å². The molecule has 0 spiro atoms. The van der Waals surface area contributed by atoms with Gasteiger partial charge in [-0.15, -0.1) is 0 Å². The first-order chi connectivity index (χ1) is 7.74. The Morgan fingerprint density at radius 1 is 1.19 bits per heavy atom. The van der Waals surface area contributed by atoms with Gasteiger partial charge < -0.3 is 25.0 Å². The molecule has 0 amide bonds. The molecule has 0 aliphatic carbocycles. The zero-order chi connectivity index (χ0) is 12.2. The third kappa shape index (κ3) is 9.06. The Bertz CT molecular complexity index is 142. The molecule has 0 rings (SSSR count). The van der Waals surface area contributed by atoms with Crippen molar-refractivity contribution in [2.75, 3.05) is 39.6 Å². The van der Waals surface area contributed by atoms with E-state index in [1.165, 1.54) is 0 Å². The van der Waals surface area contributed by atoms with E-state index in [0.29, 0.717) is 33.0 Å². The highest BCUT2D eigenvalue weighted by Gasteiger charge is 2.08. The molecule has 0 heterocycles. The summed E-state index contributed by atoms with van der Waals surface area (Å²) >= 11 is 0. The van der Waals surface area contributed by atoms with Crippen LogP contribution < -0.4 is 5.32 Å². The van der Waals surface area contributed by atoms with Gasteiger partial charge in [0.2, 0.25) is 0 Å². The van der Waals surface area contributed by atoms with Gasteiger partial charge in [0.1, 0.15) is 0 Å². The minimum atomic E-state index is -0.540. The molecule has 0 saturated heterocycles. The first-order valence-electron chi connectivity index (χ1n) is 5.92. The van der Waals surface area contributed by atoms with Crippen LogP contribution in [0.15, 0.2) is 0 Å². The topological polar surface area (TPSA) is 71.0 Å². The summed E-state index contributed by atoms with van der Waals surface area (Å²) in [6.07, 6.45) is 0.302. The van der Waals surface area contributed by atoms with Crippen LogP contribution >= 0.6 is 0 Å². The van der Waals surface area contributed by atoms with Gasteiger partial charge in [-0.3, -0.25) is 0 Å². The average Bonchev–Trinajstić information content (AvgIpc) is 2.30. The summed E-state index contributed by atoms with van der Waals surface area (Å²) in [5.41, 5.74) is 0. The van der Waals surface area contributed by atoms with Crippen molar-refractivity contribution in [1.82, 2.24) is 5.32 Å². The predicted molar refractivity (Wildman–Crippen MR) is 62.5 cm³/mol. The molecule has 16 heavy (non-hydrogen) atoms. The van der Waals surface area contributed by atoms with Gasteiger partial charge in [0.15, 0.2) is 0 Å². The summed E-state index contributed by atoms with van der Waals surface area (Å²) in [4.78, 5) is 0. The van der Waals surface area contributed by atoms with Crippen LogP contribution in [0, 0.1) is 0 Å². The average molecular weight is 235 g/mol. The maximum absolute atomic E-state index is 9.54. The maximum Gasteiger partial charge on any atom is 0.0897 e. The van der Waals surface area contributed by atoms with Gasteiger partial charge in [-0.05, 0) is 13.3 Å². The number of rotatable bonds is 11. The maximum atomic E-state index is 9.54. The van der Waals surface area contributed by atoms with Crippen molar-refractivity contribution in [1.29, 1.82) is 0 Å². The molecule has 0 aliphatic rings. The molecule has 0 saturated carbocycles. The summed E-state index contributed by atoms with van der Waals surface area (Å²) in [6, 6.07) is 0.0538. The number of aliphatic hydroxyl groups is 2. The minimum absolute atomic E-state index is 0.0538. The van der Waals surface area contributed by atoms with Crippen LogP contribution in [0.4, 0.5) is 0 Å². The molecule has 2 atom stereocenters. The van der Waals surface area contributed by atoms with Gasteiger partial charge >= 0.3 is 0 Å². The molecule has 0 aromatic carbocycles. The van der Waals surface area contributed by atoms with Crippen LogP contribution in [0.3, 0.4) is 0 Å². The van der Waals surface area contributed by atoms with E-state index in [4.69, 9.17) is 14.6 Å². The highest BCUT2D eigenvalue weighted by atomic mass is 16.5. The fraction of sp³-hybridized carbons (Fsp3) is 1.00. The molecule has 0 bridgehead atoms. The van der Waals surface area contributed by atoms with E-state index in [2.05, 4.69) is 5.32 Å². The van der Waals surface area contributed by atoms with Crippen molar-refractivity contribution in [3.63, 3.8) is 0 Å². The van der Waals surface area contributed by atoms with Gasteiger partial charge in [0, 0.05) is 19.2 Å². The van der Waals surface area contributed by atoms with Crippen LogP contribution in [-0.2, 0) is 9.47 Å². The van der Waals surface area contributed by atoms with Gasteiger partial charge in [0.25, 0.3) is 0 Å². The fourth-order valence-corrected chi connectivity index (χ4v) is 1.18. The fourth-order valence-electron chi connectivity index (χ4n) is 1.18. The van der Waals surface area contributed by atoms with E-state index in [-0.39, 0.29) is 12.6 Å². The molecule has 0 aliphatic heterocycles. The lowest BCUT2D eigenvalue weighted by molar-refractivity contribution is 0.00514. The standard InChI is InChI=1S/C11H25NO4/c1-3-10(8-13)12-7-11(14)9-16-6-5-15-4-2/h10-14H,3-9H2,1-2H3. The van der Waals surface area contributed by atoms with Crippen LogP contribution in [0.5, 0.6) is 0 Å². The zero-order valence-electron chi connectivity index (χ0n) is 10.3. The molecule has 2 unspecified atom stereocenters. The van der Waals surface area contributed by atoms with Crippen molar-refractivity contribution >= 4 is 0 Å². The van der Waals surface area contributed by atoms with Gasteiger partial charge in [0.05, 0.1) is 32.5 Å². The van der Waals surface area contributed by atoms with Crippen LogP contribution in [0.25, 0.3) is 0 Å². The Hall–Kier alpha value is -0.200. The lowest BCUT2D eigenvalue weighted by Gasteiger charge is -2.17. The van der Waals surface area contributed by atoms with Crippen molar-refractivity contribution in [2.24, 2.45) is 0 Å². The summed E-state index contributed by atoms with van der Waals surface area (Å²) in [5, 5.41) is 21.5. The van der Waals surface area contributed by atoms with E-state index in [9.17, 15) is 5.11 Å². The number of hydrogen-bond acceptors (Lipinski definition) is 5. The molecule has 5 nitrogen and oxygen atoms in total. The van der Waals surface area contributed by atoms with E-state index in [1.54, 1.807) is 0 Å². The second-order valence-corrected chi connectivity index (χ2v) is 3.62. The molecular weight excluding hydrogens is 210 g/mol. The van der Waals surface area contributed by atoms with Crippen LogP contribution in [-0.4, -0.2) is 61.9 Å². The Morgan fingerprint density at radius 3 is 2.44 bits per heavy atom. The SMILES string of the molecule is CCOCCOCC(O)CNC(CC)CO. The Balaban J connectivity index is 3.33. The molecule has 0 aromatic rings. The number of aliphatic hydroxyl groups excluding tert-OH is 2. The minimum Gasteiger partial charge on any atom is -0.395 e. The molecule has 0 fully saturated rings. The monoisotopic (exact) mass is 235 g/mol. The molecule has 0 aromatic heterocycles. The lowest BCUT2D eigenvalue weighted by Crippen LogP contribution is -2.39. The number of hydrogen-bond donors (Lipinski definition) is 3. The Kier molecular flexibility index (Phi) is 11.1. The van der Waals surface area contributed by atoms with E-state index < -0.39 is 6.10 Å². The van der Waals surface area contributed by atoms with E-state index in [1.807, 2.05) is 13.8 Å². The summed E-state index contributed by atoms with van der Waals surface area (Å²) in [7, 11) is 0. The molecule has 5 heteroatoms. The quantitative estimate of drug-likeness (QED) is 0.431. The van der Waals surface area contributed by atoms with Crippen molar-refractivity contribution in [3.05, 3.63) is 0 Å². The largest absolute Gasteiger partial charge is 0.395 e. The predicted octanol–water partition coefficient (Wildman–Crippen LogP) is -0.239. The van der Waals surface area contributed by atoms with Crippen LogP contribution in [0.2, 0.25) is 0 Å². The van der Waals surface area contributed by atoms with Crippen LogP contribution in [0.1, 0.15) is 20.3 Å². The van der Waals surface area contributed by atoms with Crippen molar-refractivity contribution in [2.45, 2.75) is 32.4 Å². The van der Waals surface area contributed by atoms with E-state index >= 15 is 0 Å². The Labute approximate surface area is 97.8 Å². The van der Waals surface area contributed by atoms with Gasteiger partial charge in [-0.25, -0.2) is 0 Å². The second-order valence-electron chi connectivity index (χ2n) is 3.62. The van der Waals surface area contributed by atoms with Gasteiger partial charge in [-0.2, -0.15) is 0 Å². The first kappa shape index (κ1) is 15.8. The molecule has 98 valence electrons. The first-order valence-corrected chi connectivity index (χ1v) is 5.92. The Morgan fingerprint density at radius 2 is 1.88 bits per heavy atom. The number of nitrogens with one attached hydrogen (secondary N) is 1. The lowest BCUT2D eigenvalue weighted by atomic mass is 10.2. The third-order valence-electron chi connectivity index (χ3n) is 2.24. The third-order valence-corrected chi connectivity index (χ3v) is 2.24. The molecular formula is C11H25NO4. The number of ether oxygens (including phenoxy) is 2. The molecule has 0 radical (unpaired) electrons. The normalized spacial score (nSPS) is 15.0. The zero-order valence-corrected chi connectivity index (χ0v) is 10.3. The second kappa shape index (κ2) is 11.3. The van der Waals surface area contributed by atoms with Crippen molar-refractivity contribution < 1.29 is 19.7 Å². The van der Waals surface area contributed by atoms with E-state index in [0.717, 1.165) is 6.42 Å². The summed E-state index contributed by atoms with van der Waals surface area (Å²) in [6.45, 7) is 6.48. The summed E-state index contributed by atoms with van der Waals surface area (Å²) in [5.74, 6) is 0. The van der Waals surface area contributed by atoms with Crippen molar-refractivity contribution in [3.8, 4) is 0 Å². The highest BCUT2D eigenvalue weighted by molar-refractivity contribution is 4.66. The highest BCUT2D eigenvalue weighted by Crippen LogP contribution is 1.91. The molecule has 3 N–H and O–H groups in total. The summed E-state index contributed by atoms with van der Waals surface area (Å²) < 4.78 is 10.3.